The van der Waals surface area contributed by atoms with Gasteiger partial charge in [0.15, 0.2) is 0 Å². The number of rotatable bonds is 3. The van der Waals surface area contributed by atoms with Crippen LogP contribution in [-0.2, 0) is 4.79 Å². The van der Waals surface area contributed by atoms with Crippen LogP contribution in [0, 0.1) is 17.3 Å². The molecule has 3 atom stereocenters. The van der Waals surface area contributed by atoms with Gasteiger partial charge in [-0.3, -0.25) is 4.79 Å². The quantitative estimate of drug-likeness (QED) is 0.797. The first-order valence-electron chi connectivity index (χ1n) is 6.02. The van der Waals surface area contributed by atoms with Crippen molar-refractivity contribution in [3.8, 4) is 0 Å². The van der Waals surface area contributed by atoms with Crippen LogP contribution in [0.1, 0.15) is 39.5 Å². The predicted octanol–water partition coefficient (Wildman–Crippen LogP) is 1.70. The number of hydrogen-bond donors (Lipinski definition) is 2. The summed E-state index contributed by atoms with van der Waals surface area (Å²) >= 11 is 0. The van der Waals surface area contributed by atoms with E-state index in [0.717, 1.165) is 25.8 Å². The van der Waals surface area contributed by atoms with Gasteiger partial charge in [0, 0.05) is 18.5 Å². The van der Waals surface area contributed by atoms with Crippen molar-refractivity contribution >= 4 is 18.3 Å². The van der Waals surface area contributed by atoms with Gasteiger partial charge in [-0.1, -0.05) is 13.8 Å². The first-order valence-corrected chi connectivity index (χ1v) is 6.02. The van der Waals surface area contributed by atoms with Gasteiger partial charge in [-0.15, -0.1) is 12.4 Å². The van der Waals surface area contributed by atoms with Gasteiger partial charge >= 0.3 is 0 Å². The summed E-state index contributed by atoms with van der Waals surface area (Å²) in [4.78, 5) is 11.8. The molecule has 16 heavy (non-hydrogen) atoms. The maximum Gasteiger partial charge on any atom is 0.223 e. The highest BCUT2D eigenvalue weighted by Gasteiger charge is 2.45. The van der Waals surface area contributed by atoms with E-state index in [0.29, 0.717) is 11.3 Å². The van der Waals surface area contributed by atoms with Crippen molar-refractivity contribution in [2.45, 2.75) is 45.6 Å². The number of carbonyl (C=O) groups excluding carboxylic acids is 1. The topological polar surface area (TPSA) is 55.1 Å². The lowest BCUT2D eigenvalue weighted by Gasteiger charge is -2.11. The van der Waals surface area contributed by atoms with Crippen LogP contribution in [0.2, 0.25) is 0 Å². The number of nitrogens with one attached hydrogen (secondary N) is 1. The van der Waals surface area contributed by atoms with Crippen LogP contribution in [-0.4, -0.2) is 18.5 Å². The van der Waals surface area contributed by atoms with Crippen molar-refractivity contribution in [2.24, 2.45) is 23.0 Å². The molecule has 2 rings (SSSR count). The van der Waals surface area contributed by atoms with E-state index >= 15 is 0 Å². The van der Waals surface area contributed by atoms with Crippen molar-refractivity contribution < 1.29 is 4.79 Å². The zero-order valence-electron chi connectivity index (χ0n) is 10.2. The van der Waals surface area contributed by atoms with E-state index in [1.807, 2.05) is 0 Å². The molecule has 2 aliphatic carbocycles. The Morgan fingerprint density at radius 1 is 1.44 bits per heavy atom. The molecule has 0 spiro atoms. The normalized spacial score (nSPS) is 35.3. The van der Waals surface area contributed by atoms with Gasteiger partial charge in [0.1, 0.15) is 0 Å². The van der Waals surface area contributed by atoms with Gasteiger partial charge in [-0.25, -0.2) is 0 Å². The predicted molar refractivity (Wildman–Crippen MR) is 67.5 cm³/mol. The van der Waals surface area contributed by atoms with Crippen molar-refractivity contribution in [1.29, 1.82) is 0 Å². The van der Waals surface area contributed by atoms with Crippen molar-refractivity contribution in [3.63, 3.8) is 0 Å². The first-order chi connectivity index (χ1) is 6.99. The van der Waals surface area contributed by atoms with Gasteiger partial charge in [-0.2, -0.15) is 0 Å². The number of hydrogen-bond acceptors (Lipinski definition) is 2. The Hall–Kier alpha value is -0.280. The van der Waals surface area contributed by atoms with E-state index in [-0.39, 0.29) is 30.3 Å². The Balaban J connectivity index is 0.00000128. The fraction of sp³-hybridized carbons (Fsp3) is 0.917. The molecule has 0 aromatic carbocycles. The van der Waals surface area contributed by atoms with Crippen LogP contribution < -0.4 is 11.1 Å². The second-order valence-corrected chi connectivity index (χ2v) is 5.90. The summed E-state index contributed by atoms with van der Waals surface area (Å²) in [6, 6.07) is 0.248. The smallest absolute Gasteiger partial charge is 0.223 e. The average Bonchev–Trinajstić information content (AvgIpc) is 2.59. The maximum absolute atomic E-state index is 11.8. The minimum absolute atomic E-state index is 0. The number of carbonyl (C=O) groups is 1. The Labute approximate surface area is 104 Å². The lowest BCUT2D eigenvalue weighted by Crippen LogP contribution is -2.32. The SMILES string of the molecule is CC1(C)CC1CNC(=O)C1CCC(N)C1.Cl. The fourth-order valence-corrected chi connectivity index (χ4v) is 2.55. The molecule has 3 nitrogen and oxygen atoms in total. The molecule has 3 unspecified atom stereocenters. The van der Waals surface area contributed by atoms with Crippen LogP contribution in [0.3, 0.4) is 0 Å². The maximum atomic E-state index is 11.8. The van der Waals surface area contributed by atoms with Gasteiger partial charge in [0.25, 0.3) is 0 Å². The van der Waals surface area contributed by atoms with Gasteiger partial charge in [0.2, 0.25) is 5.91 Å². The molecule has 1 amide bonds. The third kappa shape index (κ3) is 3.11. The Kier molecular flexibility index (Phi) is 4.24. The van der Waals surface area contributed by atoms with Crippen LogP contribution in [0.4, 0.5) is 0 Å². The molecule has 0 aromatic heterocycles. The third-order valence-corrected chi connectivity index (χ3v) is 4.08. The molecule has 0 bridgehead atoms. The zero-order chi connectivity index (χ0) is 11.1. The summed E-state index contributed by atoms with van der Waals surface area (Å²) in [5.41, 5.74) is 6.25. The molecule has 0 aromatic rings. The van der Waals surface area contributed by atoms with E-state index in [4.69, 9.17) is 5.73 Å². The average molecular weight is 247 g/mol. The van der Waals surface area contributed by atoms with Crippen molar-refractivity contribution in [3.05, 3.63) is 0 Å². The van der Waals surface area contributed by atoms with Gasteiger partial charge in [0.05, 0.1) is 0 Å². The fourth-order valence-electron chi connectivity index (χ4n) is 2.55. The standard InChI is InChI=1S/C12H22N2O.ClH/c1-12(2)6-9(12)7-14-11(15)8-3-4-10(13)5-8;/h8-10H,3-7,13H2,1-2H3,(H,14,15);1H. The van der Waals surface area contributed by atoms with E-state index in [1.165, 1.54) is 6.42 Å². The molecule has 2 saturated carbocycles. The molecule has 2 aliphatic rings. The molecular formula is C12H23ClN2O. The molecule has 4 heteroatoms. The molecular weight excluding hydrogens is 224 g/mol. The molecule has 0 heterocycles. The van der Waals surface area contributed by atoms with Crippen molar-refractivity contribution in [1.82, 2.24) is 5.32 Å². The summed E-state index contributed by atoms with van der Waals surface area (Å²) in [5, 5.41) is 3.07. The van der Waals surface area contributed by atoms with Crippen LogP contribution in [0.15, 0.2) is 0 Å². The lowest BCUT2D eigenvalue weighted by atomic mass is 10.1. The lowest BCUT2D eigenvalue weighted by molar-refractivity contribution is -0.124. The molecule has 3 N–H and O–H groups in total. The minimum atomic E-state index is 0. The molecule has 0 radical (unpaired) electrons. The molecule has 94 valence electrons. The summed E-state index contributed by atoms with van der Waals surface area (Å²) in [7, 11) is 0. The van der Waals surface area contributed by atoms with E-state index < -0.39 is 0 Å². The summed E-state index contributed by atoms with van der Waals surface area (Å²) in [6.45, 7) is 5.38. The Morgan fingerprint density at radius 3 is 2.50 bits per heavy atom. The Bertz CT molecular complexity index is 268. The summed E-state index contributed by atoms with van der Waals surface area (Å²) in [5.74, 6) is 1.10. The second kappa shape index (κ2) is 4.92. The van der Waals surface area contributed by atoms with E-state index in [9.17, 15) is 4.79 Å². The number of amides is 1. The van der Waals surface area contributed by atoms with Crippen molar-refractivity contribution in [2.75, 3.05) is 6.54 Å². The van der Waals surface area contributed by atoms with Gasteiger partial charge < -0.3 is 11.1 Å². The third-order valence-electron chi connectivity index (χ3n) is 4.08. The highest BCUT2D eigenvalue weighted by atomic mass is 35.5. The largest absolute Gasteiger partial charge is 0.356 e. The summed E-state index contributed by atoms with van der Waals surface area (Å²) in [6.07, 6.45) is 4.10. The molecule has 0 aliphatic heterocycles. The number of nitrogens with two attached hydrogens (primary N) is 1. The summed E-state index contributed by atoms with van der Waals surface area (Å²) < 4.78 is 0. The number of halogens is 1. The highest BCUT2D eigenvalue weighted by molar-refractivity contribution is 5.85. The molecule has 2 fully saturated rings. The second-order valence-electron chi connectivity index (χ2n) is 5.90. The first kappa shape index (κ1) is 13.8. The van der Waals surface area contributed by atoms with Crippen LogP contribution >= 0.6 is 12.4 Å². The zero-order valence-corrected chi connectivity index (χ0v) is 11.0. The van der Waals surface area contributed by atoms with Crippen LogP contribution in [0.25, 0.3) is 0 Å². The monoisotopic (exact) mass is 246 g/mol. The van der Waals surface area contributed by atoms with Gasteiger partial charge in [-0.05, 0) is 37.0 Å². The van der Waals surface area contributed by atoms with E-state index in [2.05, 4.69) is 19.2 Å². The highest BCUT2D eigenvalue weighted by Crippen LogP contribution is 2.51. The minimum Gasteiger partial charge on any atom is -0.356 e. The van der Waals surface area contributed by atoms with E-state index in [1.54, 1.807) is 0 Å². The van der Waals surface area contributed by atoms with Crippen LogP contribution in [0.5, 0.6) is 0 Å². The molecule has 0 saturated heterocycles. The Morgan fingerprint density at radius 2 is 2.06 bits per heavy atom.